The molecule has 116 valence electrons. The van der Waals surface area contributed by atoms with Gasteiger partial charge in [-0.25, -0.2) is 0 Å². The lowest BCUT2D eigenvalue weighted by molar-refractivity contribution is 0.593. The Morgan fingerprint density at radius 2 is 1.75 bits per heavy atom. The Morgan fingerprint density at radius 1 is 0.875 bits per heavy atom. The van der Waals surface area contributed by atoms with E-state index in [-0.39, 0.29) is 6.92 Å². The van der Waals surface area contributed by atoms with E-state index in [1.807, 2.05) is 30.5 Å². The number of fused-ring (bicyclic) bond motifs is 1. The number of hydrogen-bond donors (Lipinski definition) is 0. The molecule has 0 aliphatic heterocycles. The van der Waals surface area contributed by atoms with Crippen molar-refractivity contribution in [2.24, 2.45) is 0 Å². The average Bonchev–Trinajstić information content (AvgIpc) is 2.67. The summed E-state index contributed by atoms with van der Waals surface area (Å²) in [5.74, 6) is 0.821. The number of hydrogen-bond acceptors (Lipinski definition) is 2. The van der Waals surface area contributed by atoms with E-state index in [9.17, 15) is 0 Å². The fraction of sp³-hybridized carbons (Fsp3) is 0.0952. The summed E-state index contributed by atoms with van der Waals surface area (Å²) in [6.07, 6.45) is 10.6. The van der Waals surface area contributed by atoms with Crippen LogP contribution in [0.5, 0.6) is 5.75 Å². The lowest BCUT2D eigenvalue weighted by Crippen LogP contribution is -2.38. The van der Waals surface area contributed by atoms with Crippen molar-refractivity contribution < 1.29 is 4.65 Å². The largest absolute Gasteiger partial charge is 0.550 e. The van der Waals surface area contributed by atoms with Gasteiger partial charge in [0.1, 0.15) is 11.3 Å². The molecule has 0 unspecified atom stereocenters. The van der Waals surface area contributed by atoms with Crippen molar-refractivity contribution in [3.8, 4) is 5.75 Å². The summed E-state index contributed by atoms with van der Waals surface area (Å²) in [4.78, 5) is 4.51. The van der Waals surface area contributed by atoms with Crippen molar-refractivity contribution in [1.29, 1.82) is 0 Å². The molecule has 1 aliphatic rings. The van der Waals surface area contributed by atoms with Crippen LogP contribution in [-0.4, -0.2) is 11.9 Å². The van der Waals surface area contributed by atoms with Crippen LogP contribution in [-0.2, 0) is 0 Å². The van der Waals surface area contributed by atoms with Gasteiger partial charge in [0.05, 0.1) is 0 Å². The average molecular weight is 311 g/mol. The van der Waals surface area contributed by atoms with Crippen LogP contribution >= 0.6 is 0 Å². The molecule has 1 heterocycles. The molecule has 0 N–H and O–H groups in total. The van der Waals surface area contributed by atoms with E-state index in [1.54, 1.807) is 0 Å². The number of rotatable bonds is 4. The van der Waals surface area contributed by atoms with Gasteiger partial charge >= 0.3 is 6.92 Å². The van der Waals surface area contributed by atoms with Gasteiger partial charge in [-0.15, -0.1) is 0 Å². The summed E-state index contributed by atoms with van der Waals surface area (Å²) in [5.41, 5.74) is 3.27. The standard InChI is InChI=1S/C21H18BNO/c1-3-11-18(12-4-1)22(19-13-5-2-6-14-19)24-20-15-7-9-17-10-8-16-23-21(17)20/h1,3-5,7-16H,2,6H2. The highest BCUT2D eigenvalue weighted by Crippen LogP contribution is 2.25. The highest BCUT2D eigenvalue weighted by molar-refractivity contribution is 6.75. The van der Waals surface area contributed by atoms with Crippen molar-refractivity contribution >= 4 is 23.3 Å². The Balaban J connectivity index is 1.76. The van der Waals surface area contributed by atoms with Crippen LogP contribution in [0.4, 0.5) is 0 Å². The number of nitrogens with zero attached hydrogens (tertiary/aromatic N) is 1. The Labute approximate surface area is 142 Å². The Bertz CT molecular complexity index is 897. The molecule has 0 spiro atoms. The number of para-hydroxylation sites is 1. The summed E-state index contributed by atoms with van der Waals surface area (Å²) in [7, 11) is 0. The lowest BCUT2D eigenvalue weighted by Gasteiger charge is -2.19. The SMILES string of the molecule is C1=CC(B(Oc2cccc3cccnc23)c2ccccc2)=CCC1. The topological polar surface area (TPSA) is 22.1 Å². The van der Waals surface area contributed by atoms with Crippen LogP contribution in [0.2, 0.25) is 0 Å². The molecule has 0 saturated heterocycles. The van der Waals surface area contributed by atoms with Gasteiger partial charge in [-0.05, 0) is 35.9 Å². The quantitative estimate of drug-likeness (QED) is 0.669. The smallest absolute Gasteiger partial charge is 0.426 e. The molecule has 0 fully saturated rings. The van der Waals surface area contributed by atoms with E-state index in [0.29, 0.717) is 0 Å². The van der Waals surface area contributed by atoms with Crippen LogP contribution in [0.1, 0.15) is 12.8 Å². The fourth-order valence-electron chi connectivity index (χ4n) is 3.08. The number of benzene rings is 2. The van der Waals surface area contributed by atoms with Crippen LogP contribution in [0.3, 0.4) is 0 Å². The van der Waals surface area contributed by atoms with Crippen LogP contribution in [0.25, 0.3) is 10.9 Å². The summed E-state index contributed by atoms with van der Waals surface area (Å²) >= 11 is 0. The zero-order valence-electron chi connectivity index (χ0n) is 13.4. The molecule has 1 aliphatic carbocycles. The van der Waals surface area contributed by atoms with Crippen molar-refractivity contribution in [3.05, 3.63) is 90.6 Å². The molecule has 0 atom stereocenters. The van der Waals surface area contributed by atoms with E-state index < -0.39 is 0 Å². The lowest BCUT2D eigenvalue weighted by atomic mass is 9.53. The first-order valence-corrected chi connectivity index (χ1v) is 8.34. The van der Waals surface area contributed by atoms with Gasteiger partial charge in [0.2, 0.25) is 0 Å². The first-order valence-electron chi connectivity index (χ1n) is 8.34. The van der Waals surface area contributed by atoms with Gasteiger partial charge in [0.25, 0.3) is 0 Å². The molecular formula is C21H18BNO. The summed E-state index contributed by atoms with van der Waals surface area (Å²) in [6, 6.07) is 20.5. The predicted molar refractivity (Wildman–Crippen MR) is 101 cm³/mol. The van der Waals surface area contributed by atoms with E-state index in [4.69, 9.17) is 4.65 Å². The third-order valence-electron chi connectivity index (χ3n) is 4.27. The molecule has 2 nitrogen and oxygen atoms in total. The molecule has 0 saturated carbocycles. The third-order valence-corrected chi connectivity index (χ3v) is 4.27. The molecule has 24 heavy (non-hydrogen) atoms. The Kier molecular flexibility index (Phi) is 4.15. The monoisotopic (exact) mass is 311 g/mol. The molecule has 3 heteroatoms. The van der Waals surface area contributed by atoms with Crippen molar-refractivity contribution in [1.82, 2.24) is 4.98 Å². The first-order chi connectivity index (χ1) is 11.9. The van der Waals surface area contributed by atoms with Gasteiger partial charge in [-0.2, -0.15) is 0 Å². The van der Waals surface area contributed by atoms with Gasteiger partial charge in [0.15, 0.2) is 0 Å². The van der Waals surface area contributed by atoms with Gasteiger partial charge < -0.3 is 4.65 Å². The molecular weight excluding hydrogens is 293 g/mol. The Hall–Kier alpha value is -2.81. The van der Waals surface area contributed by atoms with E-state index in [0.717, 1.165) is 35.0 Å². The van der Waals surface area contributed by atoms with Gasteiger partial charge in [-0.1, -0.05) is 66.8 Å². The van der Waals surface area contributed by atoms with Crippen molar-refractivity contribution in [3.63, 3.8) is 0 Å². The number of allylic oxidation sites excluding steroid dienone is 4. The maximum atomic E-state index is 6.47. The van der Waals surface area contributed by atoms with E-state index in [1.165, 1.54) is 5.47 Å². The Morgan fingerprint density at radius 3 is 2.58 bits per heavy atom. The fourth-order valence-corrected chi connectivity index (χ4v) is 3.08. The molecule has 0 bridgehead atoms. The summed E-state index contributed by atoms with van der Waals surface area (Å²) in [5, 5.41) is 1.09. The zero-order valence-corrected chi connectivity index (χ0v) is 13.4. The summed E-state index contributed by atoms with van der Waals surface area (Å²) in [6.45, 7) is -0.115. The second-order valence-corrected chi connectivity index (χ2v) is 5.92. The first kappa shape index (κ1) is 14.8. The van der Waals surface area contributed by atoms with E-state index in [2.05, 4.69) is 59.6 Å². The van der Waals surface area contributed by atoms with Crippen LogP contribution < -0.4 is 10.1 Å². The highest BCUT2D eigenvalue weighted by atomic mass is 16.4. The second-order valence-electron chi connectivity index (χ2n) is 5.92. The molecule has 2 aromatic carbocycles. The van der Waals surface area contributed by atoms with Crippen LogP contribution in [0.15, 0.2) is 90.6 Å². The van der Waals surface area contributed by atoms with E-state index >= 15 is 0 Å². The van der Waals surface area contributed by atoms with Gasteiger partial charge in [0, 0.05) is 11.6 Å². The number of aromatic nitrogens is 1. The zero-order chi connectivity index (χ0) is 16.2. The number of pyridine rings is 1. The maximum Gasteiger partial charge on any atom is 0.426 e. The predicted octanol–water partition coefficient (Wildman–Crippen LogP) is 4.33. The third kappa shape index (κ3) is 2.98. The minimum absolute atomic E-state index is 0.115. The second kappa shape index (κ2) is 6.75. The van der Waals surface area contributed by atoms with Crippen molar-refractivity contribution in [2.45, 2.75) is 12.8 Å². The van der Waals surface area contributed by atoms with Crippen LogP contribution in [0, 0.1) is 0 Å². The van der Waals surface area contributed by atoms with Gasteiger partial charge in [-0.3, -0.25) is 4.98 Å². The molecule has 0 radical (unpaired) electrons. The highest BCUT2D eigenvalue weighted by Gasteiger charge is 2.25. The maximum absolute atomic E-state index is 6.47. The summed E-state index contributed by atoms with van der Waals surface area (Å²) < 4.78 is 6.47. The normalized spacial score (nSPS) is 13.6. The molecule has 1 aromatic heterocycles. The molecule has 0 amide bonds. The molecule has 4 rings (SSSR count). The van der Waals surface area contributed by atoms with Crippen molar-refractivity contribution in [2.75, 3.05) is 0 Å². The minimum Gasteiger partial charge on any atom is -0.550 e. The molecule has 3 aromatic rings. The minimum atomic E-state index is -0.115.